The van der Waals surface area contributed by atoms with Crippen molar-refractivity contribution in [3.8, 4) is 0 Å². The molecule has 1 aliphatic carbocycles. The Morgan fingerprint density at radius 2 is 2.21 bits per heavy atom. The van der Waals surface area contributed by atoms with Crippen LogP contribution in [-0.4, -0.2) is 6.29 Å². The minimum absolute atomic E-state index is 0.300. The summed E-state index contributed by atoms with van der Waals surface area (Å²) < 4.78 is 0. The van der Waals surface area contributed by atoms with E-state index in [0.717, 1.165) is 12.7 Å². The predicted molar refractivity (Wildman–Crippen MR) is 57.6 cm³/mol. The predicted octanol–water partition coefficient (Wildman–Crippen LogP) is 2.65. The fraction of sp³-hybridized carbons (Fsp3) is 0.462. The third-order valence-electron chi connectivity index (χ3n) is 3.31. The van der Waals surface area contributed by atoms with Gasteiger partial charge in [0.1, 0.15) is 6.29 Å². The first kappa shape index (κ1) is 9.45. The normalized spacial score (nSPS) is 17.9. The second kappa shape index (κ2) is 3.23. The van der Waals surface area contributed by atoms with Crippen molar-refractivity contribution in [1.82, 2.24) is 0 Å². The number of rotatable bonds is 2. The third-order valence-corrected chi connectivity index (χ3v) is 3.31. The summed E-state index contributed by atoms with van der Waals surface area (Å²) in [6.07, 6.45) is 3.91. The van der Waals surface area contributed by atoms with Gasteiger partial charge in [-0.25, -0.2) is 0 Å². The number of fused-ring (bicyclic) bond motifs is 1. The molecule has 0 saturated heterocycles. The molecule has 74 valence electrons. The summed E-state index contributed by atoms with van der Waals surface area (Å²) in [5.41, 5.74) is 4.39. The lowest BCUT2D eigenvalue weighted by Crippen LogP contribution is -2.11. The average molecular weight is 188 g/mol. The topological polar surface area (TPSA) is 17.1 Å². The van der Waals surface area contributed by atoms with Gasteiger partial charge in [-0.1, -0.05) is 32.0 Å². The summed E-state index contributed by atoms with van der Waals surface area (Å²) in [6.45, 7) is 4.56. The van der Waals surface area contributed by atoms with Gasteiger partial charge in [0.25, 0.3) is 0 Å². The Morgan fingerprint density at radius 1 is 1.43 bits per heavy atom. The molecule has 0 aromatic heterocycles. The fourth-order valence-electron chi connectivity index (χ4n) is 2.42. The first-order valence-corrected chi connectivity index (χ1v) is 5.20. The van der Waals surface area contributed by atoms with Crippen LogP contribution in [-0.2, 0) is 23.1 Å². The highest BCUT2D eigenvalue weighted by atomic mass is 16.1. The van der Waals surface area contributed by atoms with Crippen molar-refractivity contribution < 1.29 is 4.79 Å². The zero-order chi connectivity index (χ0) is 10.2. The third kappa shape index (κ3) is 1.37. The standard InChI is InChI=1S/C13H16O/c1-13(2)8-6-11-10(7-9-14)4-3-5-12(11)13/h3-5,9H,6-8H2,1-2H3. The van der Waals surface area contributed by atoms with Gasteiger partial charge in [0, 0.05) is 6.42 Å². The van der Waals surface area contributed by atoms with Crippen LogP contribution >= 0.6 is 0 Å². The number of carbonyl (C=O) groups excluding carboxylic acids is 1. The monoisotopic (exact) mass is 188 g/mol. The Bertz CT molecular complexity index is 363. The van der Waals surface area contributed by atoms with E-state index in [4.69, 9.17) is 0 Å². The van der Waals surface area contributed by atoms with Crippen LogP contribution in [0.3, 0.4) is 0 Å². The van der Waals surface area contributed by atoms with Crippen LogP contribution in [0.1, 0.15) is 37.0 Å². The molecule has 0 aliphatic heterocycles. The molecule has 1 aliphatic rings. The second-order valence-corrected chi connectivity index (χ2v) is 4.70. The number of benzene rings is 1. The minimum atomic E-state index is 0.300. The molecule has 0 saturated carbocycles. The molecule has 0 spiro atoms. The van der Waals surface area contributed by atoms with E-state index >= 15 is 0 Å². The SMILES string of the molecule is CC1(C)CCc2c(CC=O)cccc21. The lowest BCUT2D eigenvalue weighted by molar-refractivity contribution is -0.107. The molecule has 0 N–H and O–H groups in total. The van der Waals surface area contributed by atoms with E-state index in [1.54, 1.807) is 0 Å². The van der Waals surface area contributed by atoms with Crippen LogP contribution in [0.4, 0.5) is 0 Å². The molecule has 1 heteroatoms. The highest BCUT2D eigenvalue weighted by Crippen LogP contribution is 2.39. The number of aldehydes is 1. The minimum Gasteiger partial charge on any atom is -0.303 e. The Kier molecular flexibility index (Phi) is 2.18. The lowest BCUT2D eigenvalue weighted by Gasteiger charge is -2.19. The van der Waals surface area contributed by atoms with Gasteiger partial charge in [0.15, 0.2) is 0 Å². The summed E-state index contributed by atoms with van der Waals surface area (Å²) in [5.74, 6) is 0. The maximum absolute atomic E-state index is 10.5. The molecular formula is C13H16O. The van der Waals surface area contributed by atoms with Crippen molar-refractivity contribution in [2.75, 3.05) is 0 Å². The van der Waals surface area contributed by atoms with E-state index in [0.29, 0.717) is 11.8 Å². The fourth-order valence-corrected chi connectivity index (χ4v) is 2.42. The molecule has 0 atom stereocenters. The van der Waals surface area contributed by atoms with E-state index in [9.17, 15) is 4.79 Å². The van der Waals surface area contributed by atoms with Gasteiger partial charge in [0.05, 0.1) is 0 Å². The van der Waals surface area contributed by atoms with Gasteiger partial charge in [-0.2, -0.15) is 0 Å². The summed E-state index contributed by atoms with van der Waals surface area (Å²) in [5, 5.41) is 0. The van der Waals surface area contributed by atoms with E-state index in [-0.39, 0.29) is 0 Å². The van der Waals surface area contributed by atoms with Gasteiger partial charge in [-0.3, -0.25) is 0 Å². The molecule has 2 rings (SSSR count). The Balaban J connectivity index is 2.50. The molecule has 0 bridgehead atoms. The van der Waals surface area contributed by atoms with Crippen LogP contribution < -0.4 is 0 Å². The molecule has 0 unspecified atom stereocenters. The van der Waals surface area contributed by atoms with Gasteiger partial charge >= 0.3 is 0 Å². The molecule has 1 nitrogen and oxygen atoms in total. The highest BCUT2D eigenvalue weighted by molar-refractivity contribution is 5.58. The van der Waals surface area contributed by atoms with E-state index in [2.05, 4.69) is 32.0 Å². The summed E-state index contributed by atoms with van der Waals surface area (Å²) in [6, 6.07) is 6.36. The van der Waals surface area contributed by atoms with E-state index in [1.165, 1.54) is 23.1 Å². The lowest BCUT2D eigenvalue weighted by atomic mass is 9.86. The number of hydrogen-bond donors (Lipinski definition) is 0. The second-order valence-electron chi connectivity index (χ2n) is 4.70. The van der Waals surface area contributed by atoms with Crippen LogP contribution in [0.2, 0.25) is 0 Å². The van der Waals surface area contributed by atoms with Gasteiger partial charge in [-0.15, -0.1) is 0 Å². The largest absolute Gasteiger partial charge is 0.303 e. The Hall–Kier alpha value is -1.11. The first-order chi connectivity index (χ1) is 6.65. The van der Waals surface area contributed by atoms with Crippen molar-refractivity contribution in [3.05, 3.63) is 34.9 Å². The zero-order valence-electron chi connectivity index (χ0n) is 8.84. The molecule has 1 aromatic carbocycles. The van der Waals surface area contributed by atoms with Crippen LogP contribution in [0.15, 0.2) is 18.2 Å². The summed E-state index contributed by atoms with van der Waals surface area (Å²) >= 11 is 0. The molecule has 0 radical (unpaired) electrons. The van der Waals surface area contributed by atoms with Crippen molar-refractivity contribution in [2.45, 2.75) is 38.5 Å². The molecule has 1 aromatic rings. The summed E-state index contributed by atoms with van der Waals surface area (Å²) in [7, 11) is 0. The van der Waals surface area contributed by atoms with Crippen molar-refractivity contribution in [1.29, 1.82) is 0 Å². The number of hydrogen-bond acceptors (Lipinski definition) is 1. The maximum atomic E-state index is 10.5. The van der Waals surface area contributed by atoms with Crippen LogP contribution in [0.25, 0.3) is 0 Å². The first-order valence-electron chi connectivity index (χ1n) is 5.20. The van der Waals surface area contributed by atoms with Gasteiger partial charge in [-0.05, 0) is 34.9 Å². The quantitative estimate of drug-likeness (QED) is 0.652. The molecule has 14 heavy (non-hydrogen) atoms. The zero-order valence-corrected chi connectivity index (χ0v) is 8.84. The molecule has 0 amide bonds. The summed E-state index contributed by atoms with van der Waals surface area (Å²) in [4.78, 5) is 10.5. The maximum Gasteiger partial charge on any atom is 0.124 e. The highest BCUT2D eigenvalue weighted by Gasteiger charge is 2.30. The molecule has 0 heterocycles. The molecular weight excluding hydrogens is 172 g/mol. The van der Waals surface area contributed by atoms with Crippen LogP contribution in [0, 0.1) is 0 Å². The van der Waals surface area contributed by atoms with Gasteiger partial charge < -0.3 is 4.79 Å². The van der Waals surface area contributed by atoms with Crippen molar-refractivity contribution in [2.24, 2.45) is 0 Å². The smallest absolute Gasteiger partial charge is 0.124 e. The Labute approximate surface area is 85.1 Å². The van der Waals surface area contributed by atoms with E-state index in [1.807, 2.05) is 0 Å². The van der Waals surface area contributed by atoms with Crippen LogP contribution in [0.5, 0.6) is 0 Å². The van der Waals surface area contributed by atoms with E-state index < -0.39 is 0 Å². The number of carbonyl (C=O) groups is 1. The van der Waals surface area contributed by atoms with Gasteiger partial charge in [0.2, 0.25) is 0 Å². The molecule has 0 fully saturated rings. The van der Waals surface area contributed by atoms with Crippen molar-refractivity contribution >= 4 is 6.29 Å². The van der Waals surface area contributed by atoms with Crippen molar-refractivity contribution in [3.63, 3.8) is 0 Å². The Morgan fingerprint density at radius 3 is 2.93 bits per heavy atom. The average Bonchev–Trinajstić information content (AvgIpc) is 2.45.